The van der Waals surface area contributed by atoms with E-state index in [1.165, 1.54) is 11.3 Å². The summed E-state index contributed by atoms with van der Waals surface area (Å²) in [6, 6.07) is 7.79. The molecule has 1 aliphatic heterocycles. The summed E-state index contributed by atoms with van der Waals surface area (Å²) in [7, 11) is 0. The number of carbonyl (C=O) groups is 1. The van der Waals surface area contributed by atoms with Crippen molar-refractivity contribution in [1.82, 2.24) is 20.0 Å². The van der Waals surface area contributed by atoms with Gasteiger partial charge in [-0.2, -0.15) is 4.98 Å². The van der Waals surface area contributed by atoms with Crippen molar-refractivity contribution >= 4 is 17.2 Å². The van der Waals surface area contributed by atoms with Crippen LogP contribution >= 0.6 is 11.3 Å². The van der Waals surface area contributed by atoms with E-state index in [9.17, 15) is 4.79 Å². The Bertz CT molecular complexity index is 832. The normalized spacial score (nSPS) is 17.1. The number of pyridine rings is 1. The molecule has 25 heavy (non-hydrogen) atoms. The molecule has 0 radical (unpaired) electrons. The monoisotopic (exact) mass is 354 g/mol. The number of rotatable bonds is 5. The van der Waals surface area contributed by atoms with Gasteiger partial charge in [0.25, 0.3) is 11.8 Å². The molecule has 1 amide bonds. The van der Waals surface area contributed by atoms with Crippen molar-refractivity contribution in [2.45, 2.75) is 31.7 Å². The molecule has 3 aromatic heterocycles. The van der Waals surface area contributed by atoms with E-state index < -0.39 is 0 Å². The van der Waals surface area contributed by atoms with Crippen molar-refractivity contribution in [2.24, 2.45) is 0 Å². The van der Waals surface area contributed by atoms with Gasteiger partial charge in [0.05, 0.1) is 10.4 Å². The van der Waals surface area contributed by atoms with Gasteiger partial charge in [0.2, 0.25) is 0 Å². The molecule has 1 saturated heterocycles. The van der Waals surface area contributed by atoms with Gasteiger partial charge in [-0.15, -0.1) is 11.3 Å². The van der Waals surface area contributed by atoms with Gasteiger partial charge in [-0.05, 0) is 42.8 Å². The predicted octanol–water partition coefficient (Wildman–Crippen LogP) is 3.43. The van der Waals surface area contributed by atoms with E-state index in [2.05, 4.69) is 15.1 Å². The molecule has 0 spiro atoms. The van der Waals surface area contributed by atoms with Gasteiger partial charge in [-0.3, -0.25) is 9.78 Å². The van der Waals surface area contributed by atoms with Crippen LogP contribution in [-0.2, 0) is 6.42 Å². The Balaban J connectivity index is 1.39. The smallest absolute Gasteiger partial charge is 0.264 e. The van der Waals surface area contributed by atoms with Crippen LogP contribution in [0.25, 0.3) is 11.5 Å². The molecular formula is C18H18N4O2S. The first-order chi connectivity index (χ1) is 12.3. The molecule has 3 aromatic rings. The Morgan fingerprint density at radius 1 is 1.36 bits per heavy atom. The van der Waals surface area contributed by atoms with E-state index in [1.54, 1.807) is 12.4 Å². The maximum atomic E-state index is 12.6. The topological polar surface area (TPSA) is 72.1 Å². The van der Waals surface area contributed by atoms with Crippen LogP contribution in [0.3, 0.4) is 0 Å². The lowest BCUT2D eigenvalue weighted by Crippen LogP contribution is -2.35. The number of nitrogens with zero attached hydrogens (tertiary/aromatic N) is 4. The van der Waals surface area contributed by atoms with Crippen molar-refractivity contribution in [2.75, 3.05) is 6.54 Å². The molecule has 0 aromatic carbocycles. The first-order valence-corrected chi connectivity index (χ1v) is 9.26. The van der Waals surface area contributed by atoms with Crippen LogP contribution in [-0.4, -0.2) is 38.5 Å². The van der Waals surface area contributed by atoms with Crippen molar-refractivity contribution in [3.63, 3.8) is 0 Å². The lowest BCUT2D eigenvalue weighted by atomic mass is 10.1. The Morgan fingerprint density at radius 3 is 3.12 bits per heavy atom. The second-order valence-corrected chi connectivity index (χ2v) is 7.02. The summed E-state index contributed by atoms with van der Waals surface area (Å²) in [4.78, 5) is 23.9. The van der Waals surface area contributed by atoms with E-state index >= 15 is 0 Å². The maximum Gasteiger partial charge on any atom is 0.264 e. The third kappa shape index (κ3) is 3.46. The highest BCUT2D eigenvalue weighted by atomic mass is 32.1. The second-order valence-electron chi connectivity index (χ2n) is 6.07. The fourth-order valence-corrected chi connectivity index (χ4v) is 3.88. The zero-order chi connectivity index (χ0) is 17.1. The van der Waals surface area contributed by atoms with Crippen LogP contribution in [0.1, 0.15) is 34.8 Å². The summed E-state index contributed by atoms with van der Waals surface area (Å²) in [5.41, 5.74) is 0.816. The van der Waals surface area contributed by atoms with Crippen molar-refractivity contribution in [3.8, 4) is 11.5 Å². The van der Waals surface area contributed by atoms with E-state index in [0.29, 0.717) is 18.1 Å². The molecule has 0 bridgehead atoms. The number of hydrogen-bond donors (Lipinski definition) is 0. The van der Waals surface area contributed by atoms with Crippen molar-refractivity contribution in [3.05, 3.63) is 52.7 Å². The minimum absolute atomic E-state index is 0.140. The molecule has 0 N–H and O–H groups in total. The van der Waals surface area contributed by atoms with Gasteiger partial charge in [0, 0.05) is 31.4 Å². The van der Waals surface area contributed by atoms with Gasteiger partial charge >= 0.3 is 0 Å². The largest absolute Gasteiger partial charge is 0.335 e. The summed E-state index contributed by atoms with van der Waals surface area (Å²) in [6.45, 7) is 0.828. The van der Waals surface area contributed by atoms with Crippen LogP contribution in [0.5, 0.6) is 0 Å². The van der Waals surface area contributed by atoms with Gasteiger partial charge in [0.1, 0.15) is 0 Å². The molecular weight excluding hydrogens is 336 g/mol. The third-order valence-electron chi connectivity index (χ3n) is 4.45. The average Bonchev–Trinajstić information content (AvgIpc) is 3.41. The number of aryl methyl sites for hydroxylation is 1. The van der Waals surface area contributed by atoms with Gasteiger partial charge in [-0.1, -0.05) is 11.2 Å². The molecule has 4 rings (SSSR count). The molecule has 1 fully saturated rings. The molecule has 1 atom stereocenters. The zero-order valence-electron chi connectivity index (χ0n) is 13.7. The summed E-state index contributed by atoms with van der Waals surface area (Å²) >= 11 is 1.50. The van der Waals surface area contributed by atoms with E-state index in [1.807, 2.05) is 34.5 Å². The first-order valence-electron chi connectivity index (χ1n) is 8.39. The predicted molar refractivity (Wildman–Crippen MR) is 94.2 cm³/mol. The number of aromatic nitrogens is 3. The highest BCUT2D eigenvalue weighted by Crippen LogP contribution is 2.25. The fourth-order valence-electron chi connectivity index (χ4n) is 3.20. The molecule has 1 aliphatic rings. The minimum atomic E-state index is 0.140. The highest BCUT2D eigenvalue weighted by molar-refractivity contribution is 7.12. The zero-order valence-corrected chi connectivity index (χ0v) is 14.5. The molecule has 1 unspecified atom stereocenters. The van der Waals surface area contributed by atoms with Crippen molar-refractivity contribution < 1.29 is 9.32 Å². The number of carbonyl (C=O) groups excluding carboxylic acids is 1. The lowest BCUT2D eigenvalue weighted by Gasteiger charge is -2.23. The fraction of sp³-hybridized carbons (Fsp3) is 0.333. The molecule has 128 valence electrons. The van der Waals surface area contributed by atoms with Crippen LogP contribution in [0.2, 0.25) is 0 Å². The standard InChI is InChI=1S/C18H18N4O2S/c23-18(15-6-3-11-25-15)22-10-2-5-14(22)7-8-16-20-17(24-21-16)13-4-1-9-19-12-13/h1,3-4,6,9,11-12,14H,2,5,7-8,10H2. The SMILES string of the molecule is O=C(c1cccs1)N1CCCC1CCc1noc(-c2cccnc2)n1. The number of likely N-dealkylation sites (tertiary alicyclic amines) is 1. The molecule has 4 heterocycles. The third-order valence-corrected chi connectivity index (χ3v) is 5.31. The minimum Gasteiger partial charge on any atom is -0.335 e. The van der Waals surface area contributed by atoms with Crippen LogP contribution in [0, 0.1) is 0 Å². The number of hydrogen-bond acceptors (Lipinski definition) is 6. The number of thiophene rings is 1. The van der Waals surface area contributed by atoms with Crippen molar-refractivity contribution in [1.29, 1.82) is 0 Å². The average molecular weight is 354 g/mol. The van der Waals surface area contributed by atoms with Gasteiger partial charge in [-0.25, -0.2) is 0 Å². The van der Waals surface area contributed by atoms with Crippen LogP contribution in [0.15, 0.2) is 46.6 Å². The Labute approximate surface area is 149 Å². The summed E-state index contributed by atoms with van der Waals surface area (Å²) in [6.07, 6.45) is 7.04. The summed E-state index contributed by atoms with van der Waals surface area (Å²) < 4.78 is 5.32. The van der Waals surface area contributed by atoms with E-state index in [0.717, 1.165) is 36.2 Å². The number of amides is 1. The maximum absolute atomic E-state index is 12.6. The Hall–Kier alpha value is -2.54. The van der Waals surface area contributed by atoms with Crippen LogP contribution in [0.4, 0.5) is 0 Å². The second kappa shape index (κ2) is 7.14. The highest BCUT2D eigenvalue weighted by Gasteiger charge is 2.29. The van der Waals surface area contributed by atoms with E-state index in [-0.39, 0.29) is 11.9 Å². The molecule has 0 aliphatic carbocycles. The summed E-state index contributed by atoms with van der Waals surface area (Å²) in [5, 5.41) is 6.00. The summed E-state index contributed by atoms with van der Waals surface area (Å²) in [5.74, 6) is 1.30. The molecule has 6 nitrogen and oxygen atoms in total. The van der Waals surface area contributed by atoms with Gasteiger partial charge in [0.15, 0.2) is 5.82 Å². The van der Waals surface area contributed by atoms with E-state index in [4.69, 9.17) is 4.52 Å². The van der Waals surface area contributed by atoms with Crippen LogP contribution < -0.4 is 0 Å². The quantitative estimate of drug-likeness (QED) is 0.702. The molecule has 7 heteroatoms. The Morgan fingerprint density at radius 2 is 2.32 bits per heavy atom. The van der Waals surface area contributed by atoms with Gasteiger partial charge < -0.3 is 9.42 Å². The molecule has 0 saturated carbocycles. The first kappa shape index (κ1) is 16.0. The lowest BCUT2D eigenvalue weighted by molar-refractivity contribution is 0.0735. The Kier molecular flexibility index (Phi) is 4.56.